The fourth-order valence-electron chi connectivity index (χ4n) is 0.935. The van der Waals surface area contributed by atoms with Crippen LogP contribution in [0.15, 0.2) is 16.6 Å². The van der Waals surface area contributed by atoms with Crippen molar-refractivity contribution in [1.82, 2.24) is 0 Å². The highest BCUT2D eigenvalue weighted by molar-refractivity contribution is 9.10. The van der Waals surface area contributed by atoms with Crippen molar-refractivity contribution in [3.8, 4) is 5.75 Å². The molecule has 0 aliphatic carbocycles. The van der Waals surface area contributed by atoms with Gasteiger partial charge in [-0.1, -0.05) is 46.1 Å². The molecule has 5 heteroatoms. The average Bonchev–Trinajstić information content (AvgIpc) is 2.11. The van der Waals surface area contributed by atoms with Gasteiger partial charge in [0.25, 0.3) is 0 Å². The second-order valence-electron chi connectivity index (χ2n) is 2.73. The first-order valence-electron chi connectivity index (χ1n) is 4.24. The molecule has 1 aromatic carbocycles. The lowest BCUT2D eigenvalue weighted by atomic mass is 10.3. The van der Waals surface area contributed by atoms with Gasteiger partial charge in [-0.2, -0.15) is 0 Å². The summed E-state index contributed by atoms with van der Waals surface area (Å²) >= 11 is 15.0. The lowest BCUT2D eigenvalue weighted by Gasteiger charge is -2.07. The molecule has 0 aliphatic heterocycles. The molecular weight excluding hydrogens is 303 g/mol. The molecule has 0 aliphatic rings. The summed E-state index contributed by atoms with van der Waals surface area (Å²) in [7, 11) is 0. The van der Waals surface area contributed by atoms with E-state index in [2.05, 4.69) is 15.9 Å². The van der Waals surface area contributed by atoms with E-state index in [4.69, 9.17) is 27.9 Å². The molecule has 0 aromatic heterocycles. The maximum Gasteiger partial charge on any atom is 0.315 e. The van der Waals surface area contributed by atoms with E-state index in [0.29, 0.717) is 16.5 Å². The van der Waals surface area contributed by atoms with Crippen LogP contribution in [0.3, 0.4) is 0 Å². The molecule has 15 heavy (non-hydrogen) atoms. The molecule has 0 heterocycles. The van der Waals surface area contributed by atoms with E-state index in [9.17, 15) is 4.79 Å². The van der Waals surface area contributed by atoms with Gasteiger partial charge >= 0.3 is 5.97 Å². The summed E-state index contributed by atoms with van der Waals surface area (Å²) < 4.78 is 5.73. The Balaban J connectivity index is 2.90. The van der Waals surface area contributed by atoms with Gasteiger partial charge in [0.15, 0.2) is 5.75 Å². The standard InChI is InChI=1S/C10H8BrCl2O2/c1-2-3-9(14)15-10-7(12)4-6(11)5-8(10)13/h3-5H,2H2,1H3. The minimum Gasteiger partial charge on any atom is -0.423 e. The lowest BCUT2D eigenvalue weighted by molar-refractivity contribution is -0.130. The lowest BCUT2D eigenvalue weighted by Crippen LogP contribution is -2.08. The highest BCUT2D eigenvalue weighted by Gasteiger charge is 2.12. The molecule has 0 saturated carbocycles. The zero-order chi connectivity index (χ0) is 11.4. The third-order valence-electron chi connectivity index (χ3n) is 1.54. The van der Waals surface area contributed by atoms with Crippen molar-refractivity contribution in [1.29, 1.82) is 0 Å². The predicted octanol–water partition coefficient (Wildman–Crippen LogP) is 4.28. The van der Waals surface area contributed by atoms with Gasteiger partial charge < -0.3 is 4.74 Å². The molecule has 1 aromatic rings. The maximum absolute atomic E-state index is 11.2. The minimum absolute atomic E-state index is 0.191. The molecule has 0 atom stereocenters. The highest BCUT2D eigenvalue weighted by atomic mass is 79.9. The van der Waals surface area contributed by atoms with Crippen LogP contribution in [0.5, 0.6) is 5.75 Å². The predicted molar refractivity (Wildman–Crippen MR) is 64.4 cm³/mol. The zero-order valence-corrected chi connectivity index (χ0v) is 11.0. The number of rotatable bonds is 3. The number of carbonyl (C=O) groups excluding carboxylic acids is 1. The number of carbonyl (C=O) groups is 1. The summed E-state index contributed by atoms with van der Waals surface area (Å²) in [5.74, 6) is -0.264. The van der Waals surface area contributed by atoms with Gasteiger partial charge in [-0.05, 0) is 18.6 Å². The summed E-state index contributed by atoms with van der Waals surface area (Å²) in [6.45, 7) is 1.84. The Morgan fingerprint density at radius 1 is 1.47 bits per heavy atom. The van der Waals surface area contributed by atoms with Gasteiger partial charge in [-0.3, -0.25) is 4.79 Å². The van der Waals surface area contributed by atoms with Crippen molar-refractivity contribution >= 4 is 45.1 Å². The second-order valence-corrected chi connectivity index (χ2v) is 4.46. The van der Waals surface area contributed by atoms with Crippen molar-refractivity contribution < 1.29 is 9.53 Å². The Kier molecular flexibility index (Phi) is 4.90. The Hall–Kier alpha value is -0.250. The fourth-order valence-corrected chi connectivity index (χ4v) is 2.22. The van der Waals surface area contributed by atoms with Crippen molar-refractivity contribution in [2.24, 2.45) is 0 Å². The van der Waals surface area contributed by atoms with E-state index in [0.717, 1.165) is 4.47 Å². The summed E-state index contributed by atoms with van der Waals surface area (Å²) in [6, 6.07) is 3.23. The van der Waals surface area contributed by atoms with E-state index in [1.54, 1.807) is 12.1 Å². The van der Waals surface area contributed by atoms with Crippen molar-refractivity contribution in [3.63, 3.8) is 0 Å². The molecule has 81 valence electrons. The topological polar surface area (TPSA) is 26.3 Å². The first-order chi connectivity index (χ1) is 7.04. The smallest absolute Gasteiger partial charge is 0.315 e. The normalized spacial score (nSPS) is 10.1. The van der Waals surface area contributed by atoms with Gasteiger partial charge in [-0.15, -0.1) is 0 Å². The SMILES string of the molecule is CC[CH]C(=O)Oc1c(Cl)cc(Br)cc1Cl. The molecule has 0 spiro atoms. The van der Waals surface area contributed by atoms with Gasteiger partial charge in [0.2, 0.25) is 0 Å². The molecule has 0 fully saturated rings. The van der Waals surface area contributed by atoms with Gasteiger partial charge in [0.05, 0.1) is 16.5 Å². The summed E-state index contributed by atoms with van der Waals surface area (Å²) in [4.78, 5) is 11.2. The molecule has 2 nitrogen and oxygen atoms in total. The quantitative estimate of drug-likeness (QED) is 0.615. The van der Waals surface area contributed by atoms with Crippen molar-refractivity contribution in [3.05, 3.63) is 33.1 Å². The van der Waals surface area contributed by atoms with Gasteiger partial charge in [0.1, 0.15) is 0 Å². The van der Waals surface area contributed by atoms with Crippen LogP contribution in [0.25, 0.3) is 0 Å². The van der Waals surface area contributed by atoms with Crippen LogP contribution >= 0.6 is 39.1 Å². The first-order valence-corrected chi connectivity index (χ1v) is 5.79. The van der Waals surface area contributed by atoms with Crippen LogP contribution in [0.2, 0.25) is 10.0 Å². The number of benzene rings is 1. The Morgan fingerprint density at radius 2 is 2.00 bits per heavy atom. The third-order valence-corrected chi connectivity index (χ3v) is 2.56. The highest BCUT2D eigenvalue weighted by Crippen LogP contribution is 2.36. The fraction of sp³-hybridized carbons (Fsp3) is 0.200. The Labute approximate surface area is 107 Å². The molecule has 0 saturated heterocycles. The average molecular weight is 311 g/mol. The van der Waals surface area contributed by atoms with Crippen LogP contribution < -0.4 is 4.74 Å². The number of halogens is 3. The maximum atomic E-state index is 11.2. The third kappa shape index (κ3) is 3.67. The monoisotopic (exact) mass is 309 g/mol. The zero-order valence-electron chi connectivity index (χ0n) is 7.89. The molecule has 0 bridgehead atoms. The van der Waals surface area contributed by atoms with Gasteiger partial charge in [0, 0.05) is 4.47 Å². The Bertz CT molecular complexity index is 357. The summed E-state index contributed by atoms with van der Waals surface area (Å²) in [5.41, 5.74) is 0. The molecule has 0 unspecified atom stereocenters. The number of hydrogen-bond acceptors (Lipinski definition) is 2. The largest absolute Gasteiger partial charge is 0.423 e. The van der Waals surface area contributed by atoms with Crippen molar-refractivity contribution in [2.75, 3.05) is 0 Å². The van der Waals surface area contributed by atoms with E-state index in [1.807, 2.05) is 6.92 Å². The molecule has 0 N–H and O–H groups in total. The van der Waals surface area contributed by atoms with Crippen LogP contribution in [-0.4, -0.2) is 5.97 Å². The molecule has 0 amide bonds. The van der Waals surface area contributed by atoms with E-state index in [-0.39, 0.29) is 5.75 Å². The van der Waals surface area contributed by atoms with Crippen LogP contribution in [0, 0.1) is 6.42 Å². The molecule has 1 radical (unpaired) electrons. The minimum atomic E-state index is -0.455. The first kappa shape index (κ1) is 12.8. The van der Waals surface area contributed by atoms with Crippen LogP contribution in [0.1, 0.15) is 13.3 Å². The van der Waals surface area contributed by atoms with Gasteiger partial charge in [-0.25, -0.2) is 0 Å². The number of hydrogen-bond donors (Lipinski definition) is 0. The number of ether oxygens (including phenoxy) is 1. The molecule has 1 rings (SSSR count). The van der Waals surface area contributed by atoms with Crippen molar-refractivity contribution in [2.45, 2.75) is 13.3 Å². The molecular formula is C10H8BrCl2O2. The van der Waals surface area contributed by atoms with Crippen LogP contribution in [-0.2, 0) is 4.79 Å². The van der Waals surface area contributed by atoms with E-state index < -0.39 is 5.97 Å². The van der Waals surface area contributed by atoms with Crippen LogP contribution in [0.4, 0.5) is 0 Å². The summed E-state index contributed by atoms with van der Waals surface area (Å²) in [5, 5.41) is 0.597. The second kappa shape index (κ2) is 5.73. The number of esters is 1. The summed E-state index contributed by atoms with van der Waals surface area (Å²) in [6.07, 6.45) is 2.01. The van der Waals surface area contributed by atoms with E-state index in [1.165, 1.54) is 6.42 Å². The van der Waals surface area contributed by atoms with E-state index >= 15 is 0 Å². The Morgan fingerprint density at radius 3 is 2.47 bits per heavy atom.